The number of amides is 2. The SMILES string of the molecule is NC(=O)[C@H](NC(=O)c1cc(F)c(Cl)nc1Cl)c1ccccc1. The largest absolute Gasteiger partial charge is 0.368 e. The van der Waals surface area contributed by atoms with Crippen LogP contribution in [0.4, 0.5) is 4.39 Å². The maximum atomic E-state index is 13.4. The lowest BCUT2D eigenvalue weighted by molar-refractivity contribution is -0.120. The molecule has 5 nitrogen and oxygen atoms in total. The van der Waals surface area contributed by atoms with Crippen molar-refractivity contribution in [2.75, 3.05) is 0 Å². The fourth-order valence-corrected chi connectivity index (χ4v) is 2.19. The summed E-state index contributed by atoms with van der Waals surface area (Å²) < 4.78 is 13.4. The molecule has 0 bridgehead atoms. The molecule has 1 aromatic carbocycles. The highest BCUT2D eigenvalue weighted by molar-refractivity contribution is 6.34. The number of carbonyl (C=O) groups is 2. The fourth-order valence-electron chi connectivity index (χ4n) is 1.78. The van der Waals surface area contributed by atoms with Crippen molar-refractivity contribution in [1.29, 1.82) is 0 Å². The molecule has 0 spiro atoms. The van der Waals surface area contributed by atoms with Crippen molar-refractivity contribution in [2.24, 2.45) is 5.73 Å². The number of nitrogens with zero attached hydrogens (tertiary/aromatic N) is 1. The Morgan fingerprint density at radius 1 is 1.18 bits per heavy atom. The minimum absolute atomic E-state index is 0.245. The molecule has 8 heteroatoms. The zero-order valence-corrected chi connectivity index (χ0v) is 12.5. The number of aromatic nitrogens is 1. The molecular weight excluding hydrogens is 332 g/mol. The number of rotatable bonds is 4. The second-order valence-electron chi connectivity index (χ2n) is 4.32. The number of primary amides is 1. The summed E-state index contributed by atoms with van der Waals surface area (Å²) in [6.07, 6.45) is 0. The summed E-state index contributed by atoms with van der Waals surface area (Å²) in [5, 5.41) is 1.66. The van der Waals surface area contributed by atoms with Crippen molar-refractivity contribution >= 4 is 35.0 Å². The molecule has 1 atom stereocenters. The van der Waals surface area contributed by atoms with E-state index in [1.54, 1.807) is 30.3 Å². The molecular formula is C14H10Cl2FN3O2. The van der Waals surface area contributed by atoms with E-state index in [9.17, 15) is 14.0 Å². The van der Waals surface area contributed by atoms with Crippen LogP contribution in [0.3, 0.4) is 0 Å². The van der Waals surface area contributed by atoms with Gasteiger partial charge in [0.1, 0.15) is 11.2 Å². The summed E-state index contributed by atoms with van der Waals surface area (Å²) in [6, 6.07) is 8.13. The van der Waals surface area contributed by atoms with Crippen LogP contribution in [0.2, 0.25) is 10.3 Å². The predicted octanol–water partition coefficient (Wildman–Crippen LogP) is 2.48. The van der Waals surface area contributed by atoms with E-state index in [1.165, 1.54) is 0 Å². The lowest BCUT2D eigenvalue weighted by atomic mass is 10.1. The molecule has 0 fully saturated rings. The van der Waals surface area contributed by atoms with Gasteiger partial charge in [-0.1, -0.05) is 53.5 Å². The number of hydrogen-bond donors (Lipinski definition) is 2. The van der Waals surface area contributed by atoms with E-state index < -0.39 is 28.8 Å². The van der Waals surface area contributed by atoms with Gasteiger partial charge in [-0.15, -0.1) is 0 Å². The van der Waals surface area contributed by atoms with E-state index >= 15 is 0 Å². The van der Waals surface area contributed by atoms with Crippen molar-refractivity contribution in [3.05, 3.63) is 63.6 Å². The fraction of sp³-hybridized carbons (Fsp3) is 0.0714. The van der Waals surface area contributed by atoms with Gasteiger partial charge in [0.05, 0.1) is 5.56 Å². The monoisotopic (exact) mass is 341 g/mol. The third kappa shape index (κ3) is 3.52. The molecule has 0 saturated heterocycles. The third-order valence-corrected chi connectivity index (χ3v) is 3.38. The number of pyridine rings is 1. The van der Waals surface area contributed by atoms with Gasteiger partial charge < -0.3 is 11.1 Å². The van der Waals surface area contributed by atoms with Crippen molar-refractivity contribution in [3.63, 3.8) is 0 Å². The molecule has 1 heterocycles. The molecule has 2 rings (SSSR count). The summed E-state index contributed by atoms with van der Waals surface area (Å²) in [5.41, 5.74) is 5.53. The quantitative estimate of drug-likeness (QED) is 0.837. The average Bonchev–Trinajstić information content (AvgIpc) is 2.48. The first-order valence-corrected chi connectivity index (χ1v) is 6.82. The van der Waals surface area contributed by atoms with Gasteiger partial charge in [0, 0.05) is 0 Å². The molecule has 2 amide bonds. The smallest absolute Gasteiger partial charge is 0.255 e. The van der Waals surface area contributed by atoms with Crippen LogP contribution in [0.1, 0.15) is 22.0 Å². The minimum atomic E-state index is -1.08. The Balaban J connectivity index is 2.30. The minimum Gasteiger partial charge on any atom is -0.368 e. The van der Waals surface area contributed by atoms with Crippen LogP contribution in [0.15, 0.2) is 36.4 Å². The number of nitrogens with one attached hydrogen (secondary N) is 1. The maximum absolute atomic E-state index is 13.4. The van der Waals surface area contributed by atoms with E-state index in [2.05, 4.69) is 10.3 Å². The highest BCUT2D eigenvalue weighted by Gasteiger charge is 2.23. The van der Waals surface area contributed by atoms with Gasteiger partial charge in [-0.2, -0.15) is 0 Å². The van der Waals surface area contributed by atoms with Gasteiger partial charge in [0.2, 0.25) is 5.91 Å². The van der Waals surface area contributed by atoms with E-state index in [0.29, 0.717) is 5.56 Å². The van der Waals surface area contributed by atoms with Crippen molar-refractivity contribution in [2.45, 2.75) is 6.04 Å². The second kappa shape index (κ2) is 6.72. The zero-order valence-electron chi connectivity index (χ0n) is 11.0. The van der Waals surface area contributed by atoms with E-state index in [4.69, 9.17) is 28.9 Å². The topological polar surface area (TPSA) is 85.1 Å². The van der Waals surface area contributed by atoms with Crippen LogP contribution in [0.5, 0.6) is 0 Å². The highest BCUT2D eigenvalue weighted by atomic mass is 35.5. The van der Waals surface area contributed by atoms with Crippen LogP contribution < -0.4 is 11.1 Å². The summed E-state index contributed by atoms with van der Waals surface area (Å²) in [5.74, 6) is -2.45. The molecule has 22 heavy (non-hydrogen) atoms. The molecule has 0 unspecified atom stereocenters. The van der Waals surface area contributed by atoms with E-state index in [-0.39, 0.29) is 10.7 Å². The summed E-state index contributed by atoms with van der Waals surface area (Å²) >= 11 is 11.2. The van der Waals surface area contributed by atoms with Gasteiger partial charge >= 0.3 is 0 Å². The summed E-state index contributed by atoms with van der Waals surface area (Å²) in [6.45, 7) is 0. The number of hydrogen-bond acceptors (Lipinski definition) is 3. The number of benzene rings is 1. The van der Waals surface area contributed by atoms with Gasteiger partial charge in [-0.3, -0.25) is 9.59 Å². The molecule has 1 aromatic heterocycles. The second-order valence-corrected chi connectivity index (χ2v) is 5.03. The Morgan fingerprint density at radius 2 is 1.82 bits per heavy atom. The average molecular weight is 342 g/mol. The van der Waals surface area contributed by atoms with Crippen LogP contribution in [0.25, 0.3) is 0 Å². The summed E-state index contributed by atoms with van der Waals surface area (Å²) in [4.78, 5) is 27.2. The van der Waals surface area contributed by atoms with Crippen molar-refractivity contribution < 1.29 is 14.0 Å². The first kappa shape index (κ1) is 16.2. The number of nitrogens with two attached hydrogens (primary N) is 1. The summed E-state index contributed by atoms with van der Waals surface area (Å²) in [7, 11) is 0. The molecule has 3 N–H and O–H groups in total. The third-order valence-electron chi connectivity index (χ3n) is 2.82. The van der Waals surface area contributed by atoms with Crippen LogP contribution in [-0.4, -0.2) is 16.8 Å². The van der Waals surface area contributed by atoms with Crippen LogP contribution in [0, 0.1) is 5.82 Å². The normalized spacial score (nSPS) is 11.8. The lowest BCUT2D eigenvalue weighted by Crippen LogP contribution is -2.37. The van der Waals surface area contributed by atoms with Gasteiger partial charge in [-0.25, -0.2) is 9.37 Å². The molecule has 2 aromatic rings. The predicted molar refractivity (Wildman–Crippen MR) is 80.1 cm³/mol. The van der Waals surface area contributed by atoms with Crippen LogP contribution in [-0.2, 0) is 4.79 Å². The van der Waals surface area contributed by atoms with Crippen LogP contribution >= 0.6 is 23.2 Å². The standard InChI is InChI=1S/C14H10Cl2FN3O2/c15-11-8(6-9(17)12(16)20-11)14(22)19-10(13(18)21)7-4-2-1-3-5-7/h1-6,10H,(H2,18,21)(H,19,22)/t10-/m1/s1. The number of halogens is 3. The molecule has 0 radical (unpaired) electrons. The maximum Gasteiger partial charge on any atom is 0.255 e. The zero-order chi connectivity index (χ0) is 16.3. The van der Waals surface area contributed by atoms with E-state index in [0.717, 1.165) is 6.07 Å². The van der Waals surface area contributed by atoms with Gasteiger partial charge in [-0.05, 0) is 11.6 Å². The first-order chi connectivity index (χ1) is 10.4. The van der Waals surface area contributed by atoms with Gasteiger partial charge in [0.15, 0.2) is 11.0 Å². The Hall–Kier alpha value is -2.18. The Bertz CT molecular complexity index is 726. The van der Waals surface area contributed by atoms with Crippen molar-refractivity contribution in [3.8, 4) is 0 Å². The Labute approximate surface area is 135 Å². The Kier molecular flexibility index (Phi) is 4.95. The lowest BCUT2D eigenvalue weighted by Gasteiger charge is -2.16. The van der Waals surface area contributed by atoms with E-state index in [1.807, 2.05) is 0 Å². The van der Waals surface area contributed by atoms with Crippen molar-refractivity contribution in [1.82, 2.24) is 10.3 Å². The number of carbonyl (C=O) groups excluding carboxylic acids is 2. The van der Waals surface area contributed by atoms with Gasteiger partial charge in [0.25, 0.3) is 5.91 Å². The molecule has 0 aliphatic rings. The first-order valence-electron chi connectivity index (χ1n) is 6.07. The Morgan fingerprint density at radius 3 is 2.41 bits per heavy atom. The molecule has 0 aliphatic carbocycles. The molecule has 0 saturated carbocycles. The highest BCUT2D eigenvalue weighted by Crippen LogP contribution is 2.21. The molecule has 0 aliphatic heterocycles. The molecule has 114 valence electrons.